The Morgan fingerprint density at radius 1 is 0.844 bits per heavy atom. The highest BCUT2D eigenvalue weighted by atomic mass is 35.5. The number of hydrazone groups is 1. The van der Waals surface area contributed by atoms with Gasteiger partial charge < -0.3 is 10.4 Å². The van der Waals surface area contributed by atoms with Crippen LogP contribution in [-0.2, 0) is 9.59 Å². The summed E-state index contributed by atoms with van der Waals surface area (Å²) in [5, 5.41) is 25.6. The molecule has 0 bridgehead atoms. The summed E-state index contributed by atoms with van der Waals surface area (Å²) in [6, 6.07) is 17.9. The molecule has 0 aromatic heterocycles. The first-order chi connectivity index (χ1) is 15.4. The molecule has 3 rings (SSSR count). The van der Waals surface area contributed by atoms with Gasteiger partial charge in [-0.05, 0) is 66.7 Å². The van der Waals surface area contributed by atoms with Crippen LogP contribution in [0.5, 0.6) is 5.75 Å². The van der Waals surface area contributed by atoms with Crippen LogP contribution in [0, 0.1) is 0 Å². The number of carbonyl (C=O) groups is 2. The number of hydrogen-bond acceptors (Lipinski definition) is 6. The molecule has 0 aliphatic rings. The number of amides is 2. The molecule has 0 saturated heterocycles. The number of benzene rings is 3. The molecular formula is C22H17Cl2N5O3. The number of halogens is 2. The summed E-state index contributed by atoms with van der Waals surface area (Å²) in [6.45, 7) is 0. The Labute approximate surface area is 193 Å². The molecule has 0 atom stereocenters. The van der Waals surface area contributed by atoms with Crippen LogP contribution in [0.3, 0.4) is 0 Å². The molecule has 3 N–H and O–H groups in total. The maximum atomic E-state index is 11.9. The van der Waals surface area contributed by atoms with Gasteiger partial charge in [0.25, 0.3) is 0 Å². The van der Waals surface area contributed by atoms with Gasteiger partial charge in [-0.3, -0.25) is 9.59 Å². The van der Waals surface area contributed by atoms with Crippen molar-refractivity contribution in [2.75, 3.05) is 5.32 Å². The SMILES string of the molecule is O=C(CC(=O)Nc1ccc(Cl)cc1)N/N=C/c1cc(N=Nc2ccc(Cl)cc2)ccc1O. The number of phenols is 1. The minimum absolute atomic E-state index is 0.0612. The van der Waals surface area contributed by atoms with Crippen LogP contribution in [0.25, 0.3) is 0 Å². The first-order valence-electron chi connectivity index (χ1n) is 9.27. The van der Waals surface area contributed by atoms with E-state index in [9.17, 15) is 14.7 Å². The van der Waals surface area contributed by atoms with E-state index in [2.05, 4.69) is 26.1 Å². The van der Waals surface area contributed by atoms with Crippen LogP contribution in [-0.4, -0.2) is 23.1 Å². The molecular weight excluding hydrogens is 453 g/mol. The average molecular weight is 470 g/mol. The number of rotatable bonds is 7. The fourth-order valence-corrected chi connectivity index (χ4v) is 2.68. The lowest BCUT2D eigenvalue weighted by Crippen LogP contribution is -2.24. The molecule has 3 aromatic carbocycles. The van der Waals surface area contributed by atoms with Crippen LogP contribution >= 0.6 is 23.2 Å². The molecule has 0 unspecified atom stereocenters. The Kier molecular flexibility index (Phi) is 7.91. The second kappa shape index (κ2) is 11.0. The molecule has 2 amide bonds. The van der Waals surface area contributed by atoms with E-state index in [-0.39, 0.29) is 5.75 Å². The van der Waals surface area contributed by atoms with Gasteiger partial charge in [0.1, 0.15) is 12.2 Å². The van der Waals surface area contributed by atoms with Crippen molar-refractivity contribution >= 4 is 58.3 Å². The summed E-state index contributed by atoms with van der Waals surface area (Å²) < 4.78 is 0. The zero-order chi connectivity index (χ0) is 22.9. The van der Waals surface area contributed by atoms with Gasteiger partial charge in [-0.15, -0.1) is 0 Å². The second-order valence-corrected chi connectivity index (χ2v) is 7.32. The van der Waals surface area contributed by atoms with Crippen molar-refractivity contribution in [3.8, 4) is 5.75 Å². The van der Waals surface area contributed by atoms with Crippen molar-refractivity contribution < 1.29 is 14.7 Å². The van der Waals surface area contributed by atoms with Gasteiger partial charge in [0.15, 0.2) is 0 Å². The third-order valence-electron chi connectivity index (χ3n) is 3.96. The van der Waals surface area contributed by atoms with Gasteiger partial charge in [-0.1, -0.05) is 23.2 Å². The van der Waals surface area contributed by atoms with Crippen molar-refractivity contribution in [2.45, 2.75) is 6.42 Å². The summed E-state index contributed by atoms with van der Waals surface area (Å²) in [7, 11) is 0. The fraction of sp³-hybridized carbons (Fsp3) is 0.0455. The predicted molar refractivity (Wildman–Crippen MR) is 124 cm³/mol. The minimum atomic E-state index is -0.620. The van der Waals surface area contributed by atoms with Crippen molar-refractivity contribution in [1.29, 1.82) is 0 Å². The summed E-state index contributed by atoms with van der Waals surface area (Å²) in [5.41, 5.74) is 4.14. The maximum Gasteiger partial charge on any atom is 0.249 e. The first-order valence-corrected chi connectivity index (χ1v) is 10.0. The number of nitrogens with one attached hydrogen (secondary N) is 2. The van der Waals surface area contributed by atoms with E-state index < -0.39 is 18.2 Å². The van der Waals surface area contributed by atoms with Gasteiger partial charge in [-0.25, -0.2) is 5.43 Å². The Bertz CT molecular complexity index is 1160. The number of carbonyl (C=O) groups excluding carboxylic acids is 2. The lowest BCUT2D eigenvalue weighted by Gasteiger charge is -2.04. The van der Waals surface area contributed by atoms with Crippen LogP contribution in [0.2, 0.25) is 10.0 Å². The molecule has 8 nitrogen and oxygen atoms in total. The summed E-state index contributed by atoms with van der Waals surface area (Å²) in [4.78, 5) is 23.8. The Hall–Kier alpha value is -3.75. The van der Waals surface area contributed by atoms with E-state index in [4.69, 9.17) is 23.2 Å². The molecule has 0 fully saturated rings. The van der Waals surface area contributed by atoms with Crippen LogP contribution in [0.1, 0.15) is 12.0 Å². The number of aromatic hydroxyl groups is 1. The molecule has 0 radical (unpaired) electrons. The Morgan fingerprint density at radius 2 is 1.44 bits per heavy atom. The van der Waals surface area contributed by atoms with Gasteiger partial charge in [-0.2, -0.15) is 15.3 Å². The average Bonchev–Trinajstić information content (AvgIpc) is 2.76. The van der Waals surface area contributed by atoms with Crippen molar-refractivity contribution in [3.63, 3.8) is 0 Å². The van der Waals surface area contributed by atoms with Crippen LogP contribution in [0.4, 0.5) is 17.1 Å². The largest absolute Gasteiger partial charge is 0.507 e. The van der Waals surface area contributed by atoms with Gasteiger partial charge >= 0.3 is 0 Å². The number of anilines is 1. The highest BCUT2D eigenvalue weighted by Gasteiger charge is 2.09. The quantitative estimate of drug-likeness (QED) is 0.181. The molecule has 10 heteroatoms. The predicted octanol–water partition coefficient (Wildman–Crippen LogP) is 5.59. The third kappa shape index (κ3) is 7.19. The highest BCUT2D eigenvalue weighted by Crippen LogP contribution is 2.24. The van der Waals surface area contributed by atoms with Crippen molar-refractivity contribution in [2.24, 2.45) is 15.3 Å². The van der Waals surface area contributed by atoms with E-state index in [0.717, 1.165) is 0 Å². The highest BCUT2D eigenvalue weighted by molar-refractivity contribution is 6.30. The normalized spacial score (nSPS) is 11.1. The maximum absolute atomic E-state index is 11.9. The summed E-state index contributed by atoms with van der Waals surface area (Å²) >= 11 is 11.6. The molecule has 162 valence electrons. The Morgan fingerprint density at radius 3 is 2.12 bits per heavy atom. The van der Waals surface area contributed by atoms with Crippen LogP contribution < -0.4 is 10.7 Å². The smallest absolute Gasteiger partial charge is 0.249 e. The number of azo groups is 1. The molecule has 0 aliphatic heterocycles. The fourth-order valence-electron chi connectivity index (χ4n) is 2.43. The van der Waals surface area contributed by atoms with Crippen molar-refractivity contribution in [3.05, 3.63) is 82.3 Å². The van der Waals surface area contributed by atoms with Gasteiger partial charge in [0.2, 0.25) is 11.8 Å². The van der Waals surface area contributed by atoms with E-state index in [0.29, 0.717) is 32.7 Å². The first kappa shape index (κ1) is 22.9. The summed E-state index contributed by atoms with van der Waals surface area (Å²) in [6.07, 6.45) is 0.812. The van der Waals surface area contributed by atoms with E-state index >= 15 is 0 Å². The zero-order valence-electron chi connectivity index (χ0n) is 16.5. The molecule has 0 aliphatic carbocycles. The molecule has 0 spiro atoms. The van der Waals surface area contributed by atoms with Crippen LogP contribution in [0.15, 0.2) is 82.1 Å². The minimum Gasteiger partial charge on any atom is -0.507 e. The topological polar surface area (TPSA) is 116 Å². The zero-order valence-corrected chi connectivity index (χ0v) is 18.0. The lowest BCUT2D eigenvalue weighted by molar-refractivity contribution is -0.126. The third-order valence-corrected chi connectivity index (χ3v) is 4.46. The molecule has 32 heavy (non-hydrogen) atoms. The number of nitrogens with zero attached hydrogens (tertiary/aromatic N) is 3. The molecule has 0 heterocycles. The lowest BCUT2D eigenvalue weighted by atomic mass is 10.2. The standard InChI is InChI=1S/C22H17Cl2N5O3/c23-15-1-5-17(6-2-15)26-21(31)12-22(32)29-25-13-14-11-19(9-10-20(14)30)28-27-18-7-3-16(24)4-8-18/h1-11,13,30H,12H2,(H,26,31)(H,29,32)/b25-13+,28-27?. The van der Waals surface area contributed by atoms with E-state index in [1.165, 1.54) is 18.3 Å². The second-order valence-electron chi connectivity index (χ2n) is 6.44. The van der Waals surface area contributed by atoms with Crippen molar-refractivity contribution in [1.82, 2.24) is 5.43 Å². The van der Waals surface area contributed by atoms with E-state index in [1.54, 1.807) is 54.6 Å². The van der Waals surface area contributed by atoms with E-state index in [1.807, 2.05) is 0 Å². The number of hydrogen-bond donors (Lipinski definition) is 3. The summed E-state index contributed by atoms with van der Waals surface area (Å²) in [5.74, 6) is -1.19. The van der Waals surface area contributed by atoms with Gasteiger partial charge in [0.05, 0.1) is 17.6 Å². The molecule has 0 saturated carbocycles. The monoisotopic (exact) mass is 469 g/mol. The Balaban J connectivity index is 1.55. The van der Waals surface area contributed by atoms with Gasteiger partial charge in [0, 0.05) is 21.3 Å². The number of phenolic OH excluding ortho intramolecular Hbond substituents is 1. The molecule has 3 aromatic rings.